The summed E-state index contributed by atoms with van der Waals surface area (Å²) in [6, 6.07) is 16.6. The van der Waals surface area contributed by atoms with Gasteiger partial charge < -0.3 is 20.9 Å². The Balaban J connectivity index is 1.27. The molecule has 0 unspecified atom stereocenters. The molecular formula is C36H43N9O. The van der Waals surface area contributed by atoms with Crippen LogP contribution in [0.3, 0.4) is 0 Å². The lowest BCUT2D eigenvalue weighted by Gasteiger charge is -2.23. The summed E-state index contributed by atoms with van der Waals surface area (Å²) in [4.78, 5) is 29.1. The molecule has 6 rings (SSSR count). The number of nitrogens with zero attached hydrogens (tertiary/aromatic N) is 6. The molecule has 5 aromatic rings. The Bertz CT molecular complexity index is 1850. The van der Waals surface area contributed by atoms with Crippen molar-refractivity contribution in [2.24, 2.45) is 0 Å². The quantitative estimate of drug-likeness (QED) is 0.138. The van der Waals surface area contributed by atoms with Crippen LogP contribution in [0.5, 0.6) is 0 Å². The van der Waals surface area contributed by atoms with Crippen LogP contribution in [0.1, 0.15) is 63.0 Å². The third-order valence-electron chi connectivity index (χ3n) is 8.44. The predicted octanol–water partition coefficient (Wildman–Crippen LogP) is 6.88. The summed E-state index contributed by atoms with van der Waals surface area (Å²) in [6.07, 6.45) is 13.2. The normalized spacial score (nSPS) is 14.1. The van der Waals surface area contributed by atoms with E-state index in [0.29, 0.717) is 31.0 Å². The van der Waals surface area contributed by atoms with Crippen molar-refractivity contribution in [1.29, 1.82) is 0 Å². The first-order valence-corrected chi connectivity index (χ1v) is 16.2. The number of nitrogens with one attached hydrogen (secondary N) is 3. The maximum absolute atomic E-state index is 12.4. The lowest BCUT2D eigenvalue weighted by molar-refractivity contribution is -0.111. The molecule has 1 aliphatic carbocycles. The first-order valence-electron chi connectivity index (χ1n) is 16.2. The van der Waals surface area contributed by atoms with E-state index in [2.05, 4.69) is 47.0 Å². The van der Waals surface area contributed by atoms with Crippen LogP contribution < -0.4 is 16.0 Å². The first kappa shape index (κ1) is 31.2. The van der Waals surface area contributed by atoms with Gasteiger partial charge in [-0.15, -0.1) is 0 Å². The number of likely N-dealkylation sites (N-methyl/N-ethyl adjacent to an activating group) is 1. The maximum atomic E-state index is 12.4. The van der Waals surface area contributed by atoms with Gasteiger partial charge in [0.15, 0.2) is 5.65 Å². The van der Waals surface area contributed by atoms with Crippen LogP contribution in [0.15, 0.2) is 73.1 Å². The standard InChI is InChI=1S/C36H43N9O/c1-24(2)31-23-39-45-34(31)42-35(41-27-12-6-5-7-13-27)43-36(45)38-22-26-11-8-9-14-29(26)33-30-17-16-28(21-25(30)18-19-37-33)40-32(46)15-10-20-44(3)4/h8-11,14-19,21,23-24,27H,5-7,12-13,20,22H2,1-4H3,(H,40,46)(H2,38,41,42,43)/b15-10+. The smallest absolute Gasteiger partial charge is 0.248 e. The van der Waals surface area contributed by atoms with Gasteiger partial charge in [-0.05, 0) is 62.0 Å². The Morgan fingerprint density at radius 2 is 1.89 bits per heavy atom. The van der Waals surface area contributed by atoms with E-state index in [1.807, 2.05) is 78.4 Å². The summed E-state index contributed by atoms with van der Waals surface area (Å²) >= 11 is 0. The van der Waals surface area contributed by atoms with Gasteiger partial charge in [-0.2, -0.15) is 19.6 Å². The summed E-state index contributed by atoms with van der Waals surface area (Å²) in [7, 11) is 3.93. The van der Waals surface area contributed by atoms with Crippen LogP contribution in [0.2, 0.25) is 0 Å². The highest BCUT2D eigenvalue weighted by Gasteiger charge is 2.19. The molecule has 0 radical (unpaired) electrons. The Hall–Kier alpha value is -4.83. The molecular weight excluding hydrogens is 574 g/mol. The number of benzene rings is 2. The molecule has 1 fully saturated rings. The Morgan fingerprint density at radius 1 is 1.07 bits per heavy atom. The molecule has 3 heterocycles. The molecule has 0 atom stereocenters. The third-order valence-corrected chi connectivity index (χ3v) is 8.44. The van der Waals surface area contributed by atoms with Gasteiger partial charge in [0.05, 0.1) is 11.9 Å². The fourth-order valence-corrected chi connectivity index (χ4v) is 6.01. The number of aromatic nitrogens is 5. The van der Waals surface area contributed by atoms with Crippen LogP contribution in [-0.2, 0) is 11.3 Å². The van der Waals surface area contributed by atoms with Gasteiger partial charge in [0.2, 0.25) is 17.8 Å². The maximum Gasteiger partial charge on any atom is 0.248 e. The second-order valence-electron chi connectivity index (χ2n) is 12.6. The second kappa shape index (κ2) is 14.1. The van der Waals surface area contributed by atoms with Crippen molar-refractivity contribution in [3.05, 3.63) is 84.2 Å². The number of pyridine rings is 1. The van der Waals surface area contributed by atoms with E-state index in [4.69, 9.17) is 15.0 Å². The number of hydrogen-bond donors (Lipinski definition) is 3. The molecule has 1 aliphatic rings. The average Bonchev–Trinajstić information content (AvgIpc) is 3.48. The summed E-state index contributed by atoms with van der Waals surface area (Å²) in [5, 5.41) is 16.8. The van der Waals surface area contributed by atoms with Gasteiger partial charge >= 0.3 is 0 Å². The highest BCUT2D eigenvalue weighted by molar-refractivity contribution is 6.02. The van der Waals surface area contributed by atoms with E-state index in [1.165, 1.54) is 19.3 Å². The summed E-state index contributed by atoms with van der Waals surface area (Å²) in [5.41, 5.74) is 5.65. The molecule has 10 heteroatoms. The minimum atomic E-state index is -0.152. The summed E-state index contributed by atoms with van der Waals surface area (Å²) < 4.78 is 1.81. The lowest BCUT2D eigenvalue weighted by atomic mass is 9.96. The molecule has 0 aliphatic heterocycles. The number of carbonyl (C=O) groups excluding carboxylic acids is 1. The van der Waals surface area contributed by atoms with Crippen molar-refractivity contribution in [3.63, 3.8) is 0 Å². The zero-order chi connectivity index (χ0) is 32.0. The van der Waals surface area contributed by atoms with Gasteiger partial charge in [-0.25, -0.2) is 0 Å². The number of amides is 1. The van der Waals surface area contributed by atoms with E-state index < -0.39 is 0 Å². The van der Waals surface area contributed by atoms with Crippen molar-refractivity contribution in [2.45, 2.75) is 64.5 Å². The largest absolute Gasteiger partial charge is 0.351 e. The molecule has 1 saturated carbocycles. The molecule has 0 spiro atoms. The van der Waals surface area contributed by atoms with Crippen LogP contribution in [0.25, 0.3) is 27.7 Å². The molecule has 238 valence electrons. The Morgan fingerprint density at radius 3 is 2.70 bits per heavy atom. The monoisotopic (exact) mass is 617 g/mol. The van der Waals surface area contributed by atoms with E-state index in [0.717, 1.165) is 57.3 Å². The minimum Gasteiger partial charge on any atom is -0.351 e. The fourth-order valence-electron chi connectivity index (χ4n) is 6.01. The van der Waals surface area contributed by atoms with Crippen molar-refractivity contribution in [1.82, 2.24) is 29.5 Å². The van der Waals surface area contributed by atoms with E-state index >= 15 is 0 Å². The molecule has 10 nitrogen and oxygen atoms in total. The molecule has 2 aromatic carbocycles. The highest BCUT2D eigenvalue weighted by atomic mass is 16.1. The number of anilines is 3. The SMILES string of the molecule is CC(C)c1cnn2c(NCc3ccccc3-c3nccc4cc(NC(=O)/C=C/CN(C)C)ccc34)nc(NC3CCCCC3)nc12. The van der Waals surface area contributed by atoms with E-state index in [1.54, 1.807) is 6.08 Å². The van der Waals surface area contributed by atoms with Gasteiger partial charge in [-0.1, -0.05) is 69.5 Å². The van der Waals surface area contributed by atoms with E-state index in [9.17, 15) is 4.79 Å². The number of hydrogen-bond acceptors (Lipinski definition) is 8. The fraction of sp³-hybridized carbons (Fsp3) is 0.361. The van der Waals surface area contributed by atoms with E-state index in [-0.39, 0.29) is 11.8 Å². The number of carbonyl (C=O) groups is 1. The Kier molecular flexibility index (Phi) is 9.54. The van der Waals surface area contributed by atoms with Gasteiger partial charge in [0.25, 0.3) is 0 Å². The number of fused-ring (bicyclic) bond motifs is 2. The zero-order valence-electron chi connectivity index (χ0n) is 27.1. The molecule has 3 N–H and O–H groups in total. The van der Waals surface area contributed by atoms with Crippen LogP contribution in [0, 0.1) is 0 Å². The van der Waals surface area contributed by atoms with Crippen molar-refractivity contribution in [2.75, 3.05) is 36.6 Å². The molecule has 46 heavy (non-hydrogen) atoms. The van der Waals surface area contributed by atoms with Crippen LogP contribution in [-0.4, -0.2) is 62.1 Å². The molecule has 0 bridgehead atoms. The van der Waals surface area contributed by atoms with Gasteiger partial charge in [0.1, 0.15) is 0 Å². The zero-order valence-corrected chi connectivity index (χ0v) is 27.1. The minimum absolute atomic E-state index is 0.152. The first-order chi connectivity index (χ1) is 22.4. The topological polar surface area (TPSA) is 112 Å². The summed E-state index contributed by atoms with van der Waals surface area (Å²) in [5.74, 6) is 1.43. The Labute approximate surface area is 270 Å². The third kappa shape index (κ3) is 7.18. The highest BCUT2D eigenvalue weighted by Crippen LogP contribution is 2.31. The van der Waals surface area contributed by atoms with Crippen molar-refractivity contribution >= 4 is 39.9 Å². The van der Waals surface area contributed by atoms with Crippen LogP contribution >= 0.6 is 0 Å². The van der Waals surface area contributed by atoms with Crippen molar-refractivity contribution < 1.29 is 4.79 Å². The summed E-state index contributed by atoms with van der Waals surface area (Å²) in [6.45, 7) is 5.55. The molecule has 3 aromatic heterocycles. The second-order valence-corrected chi connectivity index (χ2v) is 12.6. The predicted molar refractivity (Wildman–Crippen MR) is 186 cm³/mol. The van der Waals surface area contributed by atoms with Gasteiger partial charge in [-0.3, -0.25) is 9.78 Å². The molecule has 1 amide bonds. The average molecular weight is 618 g/mol. The number of rotatable bonds is 11. The molecule has 0 saturated heterocycles. The van der Waals surface area contributed by atoms with Crippen molar-refractivity contribution in [3.8, 4) is 11.3 Å². The lowest BCUT2D eigenvalue weighted by Crippen LogP contribution is -2.24. The van der Waals surface area contributed by atoms with Crippen LogP contribution in [0.4, 0.5) is 17.6 Å². The van der Waals surface area contributed by atoms with Gasteiger partial charge in [0, 0.05) is 53.6 Å².